The summed E-state index contributed by atoms with van der Waals surface area (Å²) in [6.07, 6.45) is 0. The number of pyridine rings is 1. The smallest absolute Gasteiger partial charge is 0.227 e. The normalized spacial score (nSPS) is 11.6. The van der Waals surface area contributed by atoms with E-state index in [4.69, 9.17) is 19.4 Å². The number of fused-ring (bicyclic) bond motifs is 6. The Bertz CT molecular complexity index is 2840. The third-order valence-electron chi connectivity index (χ3n) is 9.45. The van der Waals surface area contributed by atoms with Gasteiger partial charge in [-0.25, -0.2) is 15.0 Å². The van der Waals surface area contributed by atoms with Gasteiger partial charge in [-0.2, -0.15) is 0 Å². The minimum absolute atomic E-state index is 0.614. The monoisotopic (exact) mass is 640 g/mol. The summed E-state index contributed by atoms with van der Waals surface area (Å²) in [5, 5.41) is 3.15. The molecule has 10 rings (SSSR count). The molecule has 0 aliphatic rings. The molecule has 0 amide bonds. The van der Waals surface area contributed by atoms with Gasteiger partial charge in [0.05, 0.1) is 22.2 Å². The number of nitrogens with zero attached hydrogens (tertiary/aromatic N) is 4. The minimum atomic E-state index is 0.614. The molecule has 0 saturated heterocycles. The van der Waals surface area contributed by atoms with Gasteiger partial charge in [-0.15, -0.1) is 0 Å². The Morgan fingerprint density at radius 1 is 0.420 bits per heavy atom. The molecule has 10 aromatic rings. The van der Waals surface area contributed by atoms with Crippen LogP contribution in [-0.2, 0) is 0 Å². The number of aromatic nitrogens is 4. The van der Waals surface area contributed by atoms with Crippen LogP contribution in [0.1, 0.15) is 0 Å². The van der Waals surface area contributed by atoms with Crippen LogP contribution in [0.3, 0.4) is 0 Å². The first-order chi connectivity index (χ1) is 24.8. The summed E-state index contributed by atoms with van der Waals surface area (Å²) in [6, 6.07) is 58.5. The van der Waals surface area contributed by atoms with Crippen LogP contribution in [-0.4, -0.2) is 19.5 Å². The van der Waals surface area contributed by atoms with Crippen LogP contribution >= 0.6 is 0 Å². The van der Waals surface area contributed by atoms with E-state index in [1.165, 1.54) is 0 Å². The van der Waals surface area contributed by atoms with Crippen LogP contribution in [0.25, 0.3) is 94.7 Å². The molecule has 0 saturated carbocycles. The van der Waals surface area contributed by atoms with Crippen molar-refractivity contribution in [3.63, 3.8) is 0 Å². The molecule has 0 aliphatic carbocycles. The number of imidazole rings is 1. The van der Waals surface area contributed by atoms with Gasteiger partial charge in [0.15, 0.2) is 5.58 Å². The zero-order chi connectivity index (χ0) is 33.0. The fourth-order valence-corrected chi connectivity index (χ4v) is 7.04. The van der Waals surface area contributed by atoms with E-state index in [0.29, 0.717) is 5.89 Å². The molecule has 0 bridgehead atoms. The molecule has 3 aromatic heterocycles. The van der Waals surface area contributed by atoms with Gasteiger partial charge in [0.1, 0.15) is 11.3 Å². The molecule has 0 N–H and O–H groups in total. The maximum absolute atomic E-state index is 6.27. The maximum atomic E-state index is 6.27. The first-order valence-electron chi connectivity index (χ1n) is 16.7. The lowest BCUT2D eigenvalue weighted by atomic mass is 9.97. The van der Waals surface area contributed by atoms with Crippen molar-refractivity contribution in [1.82, 2.24) is 19.5 Å². The van der Waals surface area contributed by atoms with Crippen LogP contribution in [0.5, 0.6) is 0 Å². The fraction of sp³-hybridized carbons (Fsp3) is 0. The van der Waals surface area contributed by atoms with Gasteiger partial charge in [-0.3, -0.25) is 4.57 Å². The third kappa shape index (κ3) is 4.60. The summed E-state index contributed by atoms with van der Waals surface area (Å²) in [6.45, 7) is 0. The van der Waals surface area contributed by atoms with E-state index in [0.717, 1.165) is 88.8 Å². The van der Waals surface area contributed by atoms with Gasteiger partial charge < -0.3 is 4.42 Å². The summed E-state index contributed by atoms with van der Waals surface area (Å²) in [5.41, 5.74) is 11.9. The van der Waals surface area contributed by atoms with Gasteiger partial charge in [-0.1, -0.05) is 115 Å². The Balaban J connectivity index is 1.04. The molecule has 0 spiro atoms. The van der Waals surface area contributed by atoms with Crippen molar-refractivity contribution < 1.29 is 4.42 Å². The molecule has 0 fully saturated rings. The highest BCUT2D eigenvalue weighted by atomic mass is 16.3. The van der Waals surface area contributed by atoms with Gasteiger partial charge in [0.25, 0.3) is 0 Å². The zero-order valence-corrected chi connectivity index (χ0v) is 26.9. The van der Waals surface area contributed by atoms with E-state index in [-0.39, 0.29) is 0 Å². The number of benzene rings is 7. The van der Waals surface area contributed by atoms with Crippen LogP contribution in [0, 0.1) is 0 Å². The van der Waals surface area contributed by atoms with Crippen LogP contribution in [0.2, 0.25) is 0 Å². The number of hydrogen-bond donors (Lipinski definition) is 0. The van der Waals surface area contributed by atoms with Crippen LogP contribution in [0.4, 0.5) is 0 Å². The van der Waals surface area contributed by atoms with Crippen molar-refractivity contribution in [3.8, 4) is 50.9 Å². The van der Waals surface area contributed by atoms with Gasteiger partial charge in [0, 0.05) is 38.5 Å². The minimum Gasteiger partial charge on any atom is -0.436 e. The molecule has 0 radical (unpaired) electrons. The summed E-state index contributed by atoms with van der Waals surface area (Å²) >= 11 is 0. The predicted octanol–water partition coefficient (Wildman–Crippen LogP) is 11.5. The van der Waals surface area contributed by atoms with Crippen molar-refractivity contribution in [2.75, 3.05) is 0 Å². The molecular formula is C45H28N4O. The van der Waals surface area contributed by atoms with Crippen molar-refractivity contribution in [2.24, 2.45) is 0 Å². The quantitative estimate of drug-likeness (QED) is 0.176. The third-order valence-corrected chi connectivity index (χ3v) is 9.45. The predicted molar refractivity (Wildman–Crippen MR) is 203 cm³/mol. The second kappa shape index (κ2) is 11.4. The zero-order valence-electron chi connectivity index (χ0n) is 26.9. The lowest BCUT2D eigenvalue weighted by molar-refractivity contribution is 0.620. The first-order valence-corrected chi connectivity index (χ1v) is 16.7. The van der Waals surface area contributed by atoms with E-state index in [2.05, 4.69) is 120 Å². The molecule has 234 valence electrons. The molecular weight excluding hydrogens is 613 g/mol. The van der Waals surface area contributed by atoms with E-state index in [1.807, 2.05) is 54.6 Å². The number of para-hydroxylation sites is 3. The van der Waals surface area contributed by atoms with E-state index in [9.17, 15) is 0 Å². The number of hydrogen-bond acceptors (Lipinski definition) is 4. The van der Waals surface area contributed by atoms with Crippen molar-refractivity contribution in [3.05, 3.63) is 170 Å². The average Bonchev–Trinajstić information content (AvgIpc) is 3.81. The molecule has 50 heavy (non-hydrogen) atoms. The standard InChI is InChI=1S/C45H28N4O/c1-3-11-32(12-4-1)44-47-38-17-9-10-18-39(38)49(44)34-25-23-30(24-26-34)29-19-21-31(22-20-29)42-36-27-28-40-43(41(36)35-15-7-8-16-37(35)46-42)48-45(50-40)33-13-5-2-6-14-33/h1-28H. The molecule has 3 heterocycles. The summed E-state index contributed by atoms with van der Waals surface area (Å²) in [7, 11) is 0. The van der Waals surface area contributed by atoms with Crippen molar-refractivity contribution >= 4 is 43.8 Å². The highest BCUT2D eigenvalue weighted by molar-refractivity contribution is 6.20. The molecule has 5 nitrogen and oxygen atoms in total. The molecule has 0 aliphatic heterocycles. The Morgan fingerprint density at radius 3 is 1.80 bits per heavy atom. The molecule has 5 heteroatoms. The Labute approximate surface area is 287 Å². The SMILES string of the molecule is c1ccc(-c2nc3c(ccc4c(-c5ccc(-c6ccc(-n7c(-c8ccccc8)nc8ccccc87)cc6)cc5)nc5ccccc5c43)o2)cc1. The summed E-state index contributed by atoms with van der Waals surface area (Å²) in [4.78, 5) is 15.2. The fourth-order valence-electron chi connectivity index (χ4n) is 7.04. The van der Waals surface area contributed by atoms with Crippen LogP contribution < -0.4 is 0 Å². The molecule has 7 aromatic carbocycles. The van der Waals surface area contributed by atoms with E-state index < -0.39 is 0 Å². The Hall–Kier alpha value is -6.85. The van der Waals surface area contributed by atoms with Crippen LogP contribution in [0.15, 0.2) is 174 Å². The molecule has 0 unspecified atom stereocenters. The second-order valence-corrected chi connectivity index (χ2v) is 12.4. The maximum Gasteiger partial charge on any atom is 0.227 e. The summed E-state index contributed by atoms with van der Waals surface area (Å²) in [5.74, 6) is 1.54. The van der Waals surface area contributed by atoms with E-state index >= 15 is 0 Å². The molecule has 0 atom stereocenters. The number of oxazole rings is 1. The van der Waals surface area contributed by atoms with Gasteiger partial charge in [0.2, 0.25) is 5.89 Å². The highest BCUT2D eigenvalue weighted by Crippen LogP contribution is 2.39. The van der Waals surface area contributed by atoms with Crippen molar-refractivity contribution in [1.29, 1.82) is 0 Å². The first kappa shape index (κ1) is 28.2. The summed E-state index contributed by atoms with van der Waals surface area (Å²) < 4.78 is 8.51. The highest BCUT2D eigenvalue weighted by Gasteiger charge is 2.18. The largest absolute Gasteiger partial charge is 0.436 e. The topological polar surface area (TPSA) is 56.7 Å². The Kier molecular flexibility index (Phi) is 6.42. The van der Waals surface area contributed by atoms with Crippen molar-refractivity contribution in [2.45, 2.75) is 0 Å². The van der Waals surface area contributed by atoms with E-state index in [1.54, 1.807) is 0 Å². The number of rotatable bonds is 5. The van der Waals surface area contributed by atoms with Gasteiger partial charge >= 0.3 is 0 Å². The van der Waals surface area contributed by atoms with Gasteiger partial charge in [-0.05, 0) is 65.7 Å². The lowest BCUT2D eigenvalue weighted by Crippen LogP contribution is -1.97. The lowest BCUT2D eigenvalue weighted by Gasteiger charge is -2.12. The second-order valence-electron chi connectivity index (χ2n) is 12.4. The Morgan fingerprint density at radius 2 is 1.04 bits per heavy atom. The average molecular weight is 641 g/mol.